The largest absolute Gasteiger partial charge is 0.498 e. The summed E-state index contributed by atoms with van der Waals surface area (Å²) in [5.74, 6) is 0. The topological polar surface area (TPSA) is 51.8 Å². The van der Waals surface area contributed by atoms with Crippen LogP contribution in [0.1, 0.15) is 11.3 Å². The second-order valence-electron chi connectivity index (χ2n) is 11.6. The molecular formula is C43H29IrN3O-2. The van der Waals surface area contributed by atoms with Gasteiger partial charge in [-0.3, -0.25) is 0 Å². The first-order valence-corrected chi connectivity index (χ1v) is 15.6. The Hall–Kier alpha value is -5.48. The second kappa shape index (κ2) is 13.3. The molecule has 4 heterocycles. The van der Waals surface area contributed by atoms with E-state index in [4.69, 9.17) is 14.4 Å². The van der Waals surface area contributed by atoms with Gasteiger partial charge in [0.2, 0.25) is 0 Å². The van der Waals surface area contributed by atoms with Gasteiger partial charge < -0.3 is 14.4 Å². The normalized spacial score (nSPS) is 11.0. The second-order valence-corrected chi connectivity index (χ2v) is 11.6. The van der Waals surface area contributed by atoms with E-state index in [-0.39, 0.29) is 20.1 Å². The van der Waals surface area contributed by atoms with Crippen LogP contribution in [0.3, 0.4) is 0 Å². The summed E-state index contributed by atoms with van der Waals surface area (Å²) in [5, 5.41) is 5.64. The van der Waals surface area contributed by atoms with E-state index < -0.39 is 0 Å². The number of hydrogen-bond acceptors (Lipinski definition) is 4. The summed E-state index contributed by atoms with van der Waals surface area (Å²) in [4.78, 5) is 13.8. The van der Waals surface area contributed by atoms with E-state index in [9.17, 15) is 0 Å². The third-order valence-electron chi connectivity index (χ3n) is 8.47. The molecule has 0 saturated heterocycles. The molecule has 0 spiro atoms. The van der Waals surface area contributed by atoms with Gasteiger partial charge in [-0.05, 0) is 70.9 Å². The van der Waals surface area contributed by atoms with Crippen LogP contribution in [0.2, 0.25) is 0 Å². The minimum Gasteiger partial charge on any atom is -0.498 e. The van der Waals surface area contributed by atoms with E-state index in [2.05, 4.69) is 96.8 Å². The molecule has 0 amide bonds. The van der Waals surface area contributed by atoms with Gasteiger partial charge in [-0.1, -0.05) is 83.7 Å². The molecule has 233 valence electrons. The minimum absolute atomic E-state index is 0. The van der Waals surface area contributed by atoms with E-state index in [0.29, 0.717) is 0 Å². The number of fused-ring (bicyclic) bond motifs is 6. The Morgan fingerprint density at radius 1 is 0.604 bits per heavy atom. The molecule has 0 atom stereocenters. The van der Waals surface area contributed by atoms with E-state index in [1.807, 2.05) is 67.7 Å². The molecule has 0 aliphatic rings. The number of hydrogen-bond donors (Lipinski definition) is 0. The van der Waals surface area contributed by atoms with Gasteiger partial charge in [-0.2, -0.15) is 0 Å². The first-order valence-electron chi connectivity index (χ1n) is 15.6. The van der Waals surface area contributed by atoms with Crippen molar-refractivity contribution in [2.45, 2.75) is 13.8 Å². The Morgan fingerprint density at radius 3 is 2.23 bits per heavy atom. The van der Waals surface area contributed by atoms with E-state index >= 15 is 0 Å². The van der Waals surface area contributed by atoms with Crippen molar-refractivity contribution < 1.29 is 24.5 Å². The summed E-state index contributed by atoms with van der Waals surface area (Å²) in [7, 11) is 0. The van der Waals surface area contributed by atoms with Gasteiger partial charge in [0.15, 0.2) is 0 Å². The molecule has 0 aliphatic carbocycles. The summed E-state index contributed by atoms with van der Waals surface area (Å²) in [6.07, 6.45) is 3.73. The van der Waals surface area contributed by atoms with Gasteiger partial charge in [0.1, 0.15) is 11.1 Å². The molecule has 4 aromatic heterocycles. The Bertz CT molecular complexity index is 2510. The SMILES string of the molecule is Cc1ccc2ccc3c4cc[c-]c(-c5cc(-c6ccc7ccccc7c6)c(C)cn5)c4oc3c2n1.[Ir].[c-]1ccccc1-c1ccccn1. The first-order chi connectivity index (χ1) is 23.1. The average Bonchev–Trinajstić information content (AvgIpc) is 3.52. The number of benzene rings is 5. The number of furan rings is 1. The molecule has 4 nitrogen and oxygen atoms in total. The number of pyridine rings is 3. The number of aromatic nitrogens is 3. The zero-order chi connectivity index (χ0) is 31.7. The van der Waals surface area contributed by atoms with E-state index in [1.165, 1.54) is 16.3 Å². The fraction of sp³-hybridized carbons (Fsp3) is 0.0465. The number of rotatable bonds is 3. The Labute approximate surface area is 292 Å². The van der Waals surface area contributed by atoms with E-state index in [0.717, 1.165) is 72.2 Å². The molecule has 0 aliphatic heterocycles. The van der Waals surface area contributed by atoms with Crippen molar-refractivity contribution in [2.75, 3.05) is 0 Å². The molecule has 9 rings (SSSR count). The molecule has 0 unspecified atom stereocenters. The maximum atomic E-state index is 6.51. The summed E-state index contributed by atoms with van der Waals surface area (Å²) < 4.78 is 6.51. The minimum atomic E-state index is 0. The standard InChI is InChI=1S/C32H21N2O.C11H8N.Ir/c1-19-18-33-29(17-28(19)24-13-12-21-6-3-4-7-23(21)16-24)27-9-5-8-25-26-15-14-22-11-10-20(2)34-30(22)32(26)35-31(25)27;1-2-6-10(7-3-1)11-8-4-5-9-12-11;/h3-8,10-18H,1-2H3;1-6,8-9H;/q2*-1;. The van der Waals surface area contributed by atoms with Crippen LogP contribution in [0, 0.1) is 26.0 Å². The molecule has 0 N–H and O–H groups in total. The van der Waals surface area contributed by atoms with Crippen molar-refractivity contribution in [3.8, 4) is 33.6 Å². The van der Waals surface area contributed by atoms with Crippen LogP contribution >= 0.6 is 0 Å². The van der Waals surface area contributed by atoms with Gasteiger partial charge >= 0.3 is 0 Å². The van der Waals surface area contributed by atoms with Crippen LogP contribution in [0.4, 0.5) is 0 Å². The Kier molecular flexibility index (Phi) is 8.64. The maximum Gasteiger partial charge on any atom is 0.147 e. The quantitative estimate of drug-likeness (QED) is 0.167. The third-order valence-corrected chi connectivity index (χ3v) is 8.47. The Morgan fingerprint density at radius 2 is 1.40 bits per heavy atom. The summed E-state index contributed by atoms with van der Waals surface area (Å²) >= 11 is 0. The first kappa shape index (κ1) is 31.1. The molecule has 5 heteroatoms. The molecule has 48 heavy (non-hydrogen) atoms. The summed E-state index contributed by atoms with van der Waals surface area (Å²) in [6.45, 7) is 4.11. The molecule has 5 aromatic carbocycles. The van der Waals surface area contributed by atoms with Crippen LogP contribution in [0.5, 0.6) is 0 Å². The van der Waals surface area contributed by atoms with Gasteiger partial charge in [-0.25, -0.2) is 4.98 Å². The van der Waals surface area contributed by atoms with Gasteiger partial charge in [0.25, 0.3) is 0 Å². The van der Waals surface area contributed by atoms with Crippen molar-refractivity contribution >= 4 is 43.6 Å². The zero-order valence-corrected chi connectivity index (χ0v) is 28.8. The Balaban J connectivity index is 0.000000237. The maximum absolute atomic E-state index is 6.51. The number of aryl methyl sites for hydroxylation is 2. The third kappa shape index (κ3) is 5.91. The van der Waals surface area contributed by atoms with Crippen LogP contribution in [0.25, 0.3) is 77.3 Å². The fourth-order valence-corrected chi connectivity index (χ4v) is 6.07. The molecule has 0 saturated carbocycles. The molecular weight excluding hydrogens is 767 g/mol. The van der Waals surface area contributed by atoms with Crippen LogP contribution in [-0.4, -0.2) is 15.0 Å². The smallest absolute Gasteiger partial charge is 0.147 e. The van der Waals surface area contributed by atoms with Crippen molar-refractivity contribution in [3.63, 3.8) is 0 Å². The van der Waals surface area contributed by atoms with Gasteiger partial charge in [-0.15, -0.1) is 54.1 Å². The van der Waals surface area contributed by atoms with Crippen molar-refractivity contribution in [2.24, 2.45) is 0 Å². The summed E-state index contributed by atoms with van der Waals surface area (Å²) in [6, 6.07) is 49.8. The monoisotopic (exact) mass is 796 g/mol. The predicted octanol–water partition coefficient (Wildman–Crippen LogP) is 11.0. The van der Waals surface area contributed by atoms with Crippen molar-refractivity contribution in [3.05, 3.63) is 163 Å². The summed E-state index contributed by atoms with van der Waals surface area (Å²) in [5.41, 5.74) is 10.6. The molecule has 9 aromatic rings. The van der Waals surface area contributed by atoms with Crippen molar-refractivity contribution in [1.82, 2.24) is 15.0 Å². The molecule has 0 bridgehead atoms. The van der Waals surface area contributed by atoms with Crippen LogP contribution in [-0.2, 0) is 20.1 Å². The molecule has 1 radical (unpaired) electrons. The van der Waals surface area contributed by atoms with Crippen LogP contribution in [0.15, 0.2) is 144 Å². The molecule has 0 fully saturated rings. The van der Waals surface area contributed by atoms with E-state index in [1.54, 1.807) is 6.20 Å². The van der Waals surface area contributed by atoms with Crippen molar-refractivity contribution in [1.29, 1.82) is 0 Å². The average molecular weight is 796 g/mol. The number of nitrogens with zero attached hydrogens (tertiary/aromatic N) is 3. The van der Waals surface area contributed by atoms with Gasteiger partial charge in [0.05, 0.1) is 5.58 Å². The fourth-order valence-electron chi connectivity index (χ4n) is 6.07. The zero-order valence-electron chi connectivity index (χ0n) is 26.4. The van der Waals surface area contributed by atoms with Crippen LogP contribution < -0.4 is 0 Å². The van der Waals surface area contributed by atoms with Gasteiger partial charge in [0, 0.05) is 49.0 Å². The predicted molar refractivity (Wildman–Crippen MR) is 192 cm³/mol.